The van der Waals surface area contributed by atoms with Crippen LogP contribution in [0, 0.1) is 5.92 Å². The first-order valence-electron chi connectivity index (χ1n) is 6.06. The second-order valence-electron chi connectivity index (χ2n) is 4.61. The van der Waals surface area contributed by atoms with Crippen molar-refractivity contribution in [2.75, 3.05) is 11.1 Å². The van der Waals surface area contributed by atoms with Crippen molar-refractivity contribution in [3.63, 3.8) is 0 Å². The molecule has 0 radical (unpaired) electrons. The SMILES string of the molecule is Nc1cccc(N[C@H](O)C2CCCCC2)c1. The van der Waals surface area contributed by atoms with Crippen LogP contribution in [0.3, 0.4) is 0 Å². The fourth-order valence-corrected chi connectivity index (χ4v) is 2.37. The highest BCUT2D eigenvalue weighted by Crippen LogP contribution is 2.27. The van der Waals surface area contributed by atoms with Crippen LogP contribution in [0.15, 0.2) is 24.3 Å². The van der Waals surface area contributed by atoms with E-state index in [1.54, 1.807) is 0 Å². The molecule has 88 valence electrons. The Hall–Kier alpha value is -1.22. The van der Waals surface area contributed by atoms with Crippen LogP contribution in [0.4, 0.5) is 11.4 Å². The summed E-state index contributed by atoms with van der Waals surface area (Å²) in [6.45, 7) is 0. The lowest BCUT2D eigenvalue weighted by Gasteiger charge is -2.27. The summed E-state index contributed by atoms with van der Waals surface area (Å²) < 4.78 is 0. The Labute approximate surface area is 96.7 Å². The van der Waals surface area contributed by atoms with E-state index >= 15 is 0 Å². The minimum Gasteiger partial charge on any atom is -0.399 e. The summed E-state index contributed by atoms with van der Waals surface area (Å²) in [6.07, 6.45) is 5.58. The minimum atomic E-state index is -0.443. The van der Waals surface area contributed by atoms with Gasteiger partial charge in [-0.2, -0.15) is 0 Å². The summed E-state index contributed by atoms with van der Waals surface area (Å²) in [7, 11) is 0. The second kappa shape index (κ2) is 5.21. The third-order valence-electron chi connectivity index (χ3n) is 3.30. The van der Waals surface area contributed by atoms with E-state index in [1.807, 2.05) is 24.3 Å². The lowest BCUT2D eigenvalue weighted by molar-refractivity contribution is 0.109. The predicted molar refractivity (Wildman–Crippen MR) is 67.1 cm³/mol. The Morgan fingerprint density at radius 2 is 2.00 bits per heavy atom. The maximum atomic E-state index is 10.1. The zero-order valence-electron chi connectivity index (χ0n) is 9.52. The minimum absolute atomic E-state index is 0.384. The van der Waals surface area contributed by atoms with Gasteiger partial charge in [-0.25, -0.2) is 0 Å². The van der Waals surface area contributed by atoms with Gasteiger partial charge in [-0.3, -0.25) is 0 Å². The van der Waals surface area contributed by atoms with Gasteiger partial charge in [-0.15, -0.1) is 0 Å². The monoisotopic (exact) mass is 220 g/mol. The van der Waals surface area contributed by atoms with Crippen molar-refractivity contribution in [3.05, 3.63) is 24.3 Å². The van der Waals surface area contributed by atoms with E-state index in [4.69, 9.17) is 5.73 Å². The summed E-state index contributed by atoms with van der Waals surface area (Å²) in [6, 6.07) is 7.53. The van der Waals surface area contributed by atoms with Crippen LogP contribution in [-0.2, 0) is 0 Å². The summed E-state index contributed by atoms with van der Waals surface area (Å²) in [4.78, 5) is 0. The normalized spacial score (nSPS) is 19.3. The van der Waals surface area contributed by atoms with Crippen LogP contribution in [0.2, 0.25) is 0 Å². The first kappa shape index (κ1) is 11.3. The van der Waals surface area contributed by atoms with Gasteiger partial charge < -0.3 is 16.2 Å². The van der Waals surface area contributed by atoms with E-state index in [9.17, 15) is 5.11 Å². The van der Waals surface area contributed by atoms with Gasteiger partial charge >= 0.3 is 0 Å². The predicted octanol–water partition coefficient (Wildman–Crippen LogP) is 2.58. The first-order chi connectivity index (χ1) is 7.75. The summed E-state index contributed by atoms with van der Waals surface area (Å²) >= 11 is 0. The molecular weight excluding hydrogens is 200 g/mol. The van der Waals surface area contributed by atoms with E-state index in [1.165, 1.54) is 19.3 Å². The Morgan fingerprint density at radius 3 is 2.69 bits per heavy atom. The molecule has 0 saturated heterocycles. The third-order valence-corrected chi connectivity index (χ3v) is 3.30. The van der Waals surface area contributed by atoms with Crippen molar-refractivity contribution in [1.29, 1.82) is 0 Å². The summed E-state index contributed by atoms with van der Waals surface area (Å²) in [5.74, 6) is 0.384. The average Bonchev–Trinajstić information content (AvgIpc) is 2.30. The molecule has 2 rings (SSSR count). The summed E-state index contributed by atoms with van der Waals surface area (Å²) in [5.41, 5.74) is 7.32. The molecule has 0 unspecified atom stereocenters. The van der Waals surface area contributed by atoms with Gasteiger partial charge in [-0.05, 0) is 31.0 Å². The van der Waals surface area contributed by atoms with E-state index in [-0.39, 0.29) is 0 Å². The molecule has 0 heterocycles. The van der Waals surface area contributed by atoms with Crippen molar-refractivity contribution in [3.8, 4) is 0 Å². The number of rotatable bonds is 3. The van der Waals surface area contributed by atoms with Crippen molar-refractivity contribution in [1.82, 2.24) is 0 Å². The molecule has 0 aromatic heterocycles. The maximum absolute atomic E-state index is 10.1. The first-order valence-corrected chi connectivity index (χ1v) is 6.06. The molecule has 1 aliphatic rings. The van der Waals surface area contributed by atoms with E-state index in [2.05, 4.69) is 5.32 Å². The van der Waals surface area contributed by atoms with Crippen molar-refractivity contribution < 1.29 is 5.11 Å². The molecule has 1 aliphatic carbocycles. The number of nitrogens with two attached hydrogens (primary N) is 1. The zero-order chi connectivity index (χ0) is 11.4. The molecule has 0 aliphatic heterocycles. The molecule has 1 aromatic carbocycles. The van der Waals surface area contributed by atoms with Crippen LogP contribution in [-0.4, -0.2) is 11.3 Å². The van der Waals surface area contributed by atoms with Crippen molar-refractivity contribution in [2.24, 2.45) is 5.92 Å². The Bertz CT molecular complexity index is 334. The molecule has 0 bridgehead atoms. The van der Waals surface area contributed by atoms with Crippen LogP contribution < -0.4 is 11.1 Å². The second-order valence-corrected chi connectivity index (χ2v) is 4.61. The van der Waals surface area contributed by atoms with Gasteiger partial charge in [0.15, 0.2) is 0 Å². The standard InChI is InChI=1S/C13H20N2O/c14-11-7-4-8-12(9-11)15-13(16)10-5-2-1-3-6-10/h4,7-10,13,15-16H,1-3,5-6,14H2/t13-/m1/s1. The number of anilines is 2. The van der Waals surface area contributed by atoms with Crippen LogP contribution >= 0.6 is 0 Å². The quantitative estimate of drug-likeness (QED) is 0.542. The number of aliphatic hydroxyl groups is 1. The largest absolute Gasteiger partial charge is 0.399 e. The Kier molecular flexibility index (Phi) is 3.67. The van der Waals surface area contributed by atoms with Gasteiger partial charge in [0.1, 0.15) is 6.23 Å². The lowest BCUT2D eigenvalue weighted by atomic mass is 9.88. The van der Waals surface area contributed by atoms with Crippen LogP contribution in [0.5, 0.6) is 0 Å². The Morgan fingerprint density at radius 1 is 1.25 bits per heavy atom. The highest BCUT2D eigenvalue weighted by Gasteiger charge is 2.21. The third kappa shape index (κ3) is 2.89. The fourth-order valence-electron chi connectivity index (χ4n) is 2.37. The number of hydrogen-bond donors (Lipinski definition) is 3. The molecule has 0 amide bonds. The number of benzene rings is 1. The van der Waals surface area contributed by atoms with Crippen molar-refractivity contribution >= 4 is 11.4 Å². The average molecular weight is 220 g/mol. The maximum Gasteiger partial charge on any atom is 0.127 e. The van der Waals surface area contributed by atoms with Gasteiger partial charge in [-0.1, -0.05) is 25.3 Å². The molecule has 3 heteroatoms. The highest BCUT2D eigenvalue weighted by atomic mass is 16.3. The number of nitrogen functional groups attached to an aromatic ring is 1. The van der Waals surface area contributed by atoms with Crippen molar-refractivity contribution in [2.45, 2.75) is 38.3 Å². The number of hydrogen-bond acceptors (Lipinski definition) is 3. The number of aliphatic hydroxyl groups excluding tert-OH is 1. The van der Waals surface area contributed by atoms with Gasteiger partial charge in [0, 0.05) is 17.3 Å². The topological polar surface area (TPSA) is 58.3 Å². The molecular formula is C13H20N2O. The lowest BCUT2D eigenvalue weighted by Crippen LogP contribution is -2.30. The molecule has 1 saturated carbocycles. The van der Waals surface area contributed by atoms with Gasteiger partial charge in [0.2, 0.25) is 0 Å². The van der Waals surface area contributed by atoms with E-state index in [0.29, 0.717) is 5.92 Å². The van der Waals surface area contributed by atoms with Gasteiger partial charge in [0.05, 0.1) is 0 Å². The molecule has 4 N–H and O–H groups in total. The molecule has 1 fully saturated rings. The fraction of sp³-hybridized carbons (Fsp3) is 0.538. The zero-order valence-corrected chi connectivity index (χ0v) is 9.52. The molecule has 1 atom stereocenters. The smallest absolute Gasteiger partial charge is 0.127 e. The molecule has 0 spiro atoms. The highest BCUT2D eigenvalue weighted by molar-refractivity contribution is 5.54. The van der Waals surface area contributed by atoms with E-state index in [0.717, 1.165) is 24.2 Å². The Balaban J connectivity index is 1.93. The number of nitrogens with one attached hydrogen (secondary N) is 1. The van der Waals surface area contributed by atoms with Crippen LogP contribution in [0.25, 0.3) is 0 Å². The molecule has 3 nitrogen and oxygen atoms in total. The molecule has 1 aromatic rings. The van der Waals surface area contributed by atoms with Crippen LogP contribution in [0.1, 0.15) is 32.1 Å². The molecule has 16 heavy (non-hydrogen) atoms. The van der Waals surface area contributed by atoms with Gasteiger partial charge in [0.25, 0.3) is 0 Å². The van der Waals surface area contributed by atoms with E-state index < -0.39 is 6.23 Å². The summed E-state index contributed by atoms with van der Waals surface area (Å²) in [5, 5.41) is 13.2.